The second kappa shape index (κ2) is 8.26. The molecule has 0 unspecified atom stereocenters. The summed E-state index contributed by atoms with van der Waals surface area (Å²) in [6.07, 6.45) is 3.13. The lowest BCUT2D eigenvalue weighted by molar-refractivity contribution is -0.112. The van der Waals surface area contributed by atoms with Crippen molar-refractivity contribution < 1.29 is 9.59 Å². The SMILES string of the molecule is C=C(Br)C(=O)Nc1cccc(/C=C/C(=O)Nc2ccc(C)cc2)c1. The van der Waals surface area contributed by atoms with Gasteiger partial charge in [-0.1, -0.05) is 36.4 Å². The first-order chi connectivity index (χ1) is 11.4. The van der Waals surface area contributed by atoms with Crippen LogP contribution in [0.1, 0.15) is 11.1 Å². The monoisotopic (exact) mass is 384 g/mol. The fraction of sp³-hybridized carbons (Fsp3) is 0.0526. The molecule has 2 rings (SSSR count). The van der Waals surface area contributed by atoms with Crippen LogP contribution in [0.15, 0.2) is 65.7 Å². The molecule has 0 aromatic heterocycles. The van der Waals surface area contributed by atoms with Crippen molar-refractivity contribution >= 4 is 45.2 Å². The van der Waals surface area contributed by atoms with Crippen LogP contribution in [-0.4, -0.2) is 11.8 Å². The molecule has 4 nitrogen and oxygen atoms in total. The number of carbonyl (C=O) groups excluding carboxylic acids is 2. The minimum absolute atomic E-state index is 0.220. The minimum atomic E-state index is -0.312. The van der Waals surface area contributed by atoms with E-state index in [2.05, 4.69) is 33.1 Å². The second-order valence-corrected chi connectivity index (χ2v) is 6.13. The third-order valence-electron chi connectivity index (χ3n) is 3.14. The van der Waals surface area contributed by atoms with Crippen LogP contribution in [0.25, 0.3) is 6.08 Å². The van der Waals surface area contributed by atoms with E-state index in [9.17, 15) is 9.59 Å². The largest absolute Gasteiger partial charge is 0.323 e. The first-order valence-electron chi connectivity index (χ1n) is 7.25. The Labute approximate surface area is 149 Å². The minimum Gasteiger partial charge on any atom is -0.323 e. The lowest BCUT2D eigenvalue weighted by Gasteiger charge is -2.05. The van der Waals surface area contributed by atoms with Gasteiger partial charge in [-0.25, -0.2) is 0 Å². The van der Waals surface area contributed by atoms with Gasteiger partial charge in [-0.15, -0.1) is 0 Å². The van der Waals surface area contributed by atoms with E-state index in [-0.39, 0.29) is 16.3 Å². The first kappa shape index (κ1) is 17.7. The van der Waals surface area contributed by atoms with Gasteiger partial charge in [-0.05, 0) is 58.8 Å². The third-order valence-corrected chi connectivity index (χ3v) is 3.50. The number of halogens is 1. The molecule has 2 aromatic carbocycles. The molecule has 0 radical (unpaired) electrons. The number of rotatable bonds is 5. The molecule has 0 atom stereocenters. The van der Waals surface area contributed by atoms with Crippen LogP contribution >= 0.6 is 15.9 Å². The zero-order chi connectivity index (χ0) is 17.5. The molecular weight excluding hydrogens is 368 g/mol. The van der Waals surface area contributed by atoms with Crippen molar-refractivity contribution in [2.24, 2.45) is 0 Å². The van der Waals surface area contributed by atoms with Crippen molar-refractivity contribution in [1.82, 2.24) is 0 Å². The molecule has 0 aliphatic carbocycles. The summed E-state index contributed by atoms with van der Waals surface area (Å²) in [7, 11) is 0. The topological polar surface area (TPSA) is 58.2 Å². The van der Waals surface area contributed by atoms with Gasteiger partial charge in [-0.3, -0.25) is 9.59 Å². The highest BCUT2D eigenvalue weighted by Crippen LogP contribution is 2.14. The highest BCUT2D eigenvalue weighted by atomic mass is 79.9. The Morgan fingerprint density at radius 2 is 1.75 bits per heavy atom. The molecule has 122 valence electrons. The van der Waals surface area contributed by atoms with Gasteiger partial charge >= 0.3 is 0 Å². The molecule has 0 spiro atoms. The quantitative estimate of drug-likeness (QED) is 0.745. The van der Waals surface area contributed by atoms with E-state index in [0.29, 0.717) is 5.69 Å². The molecular formula is C19H17BrN2O2. The van der Waals surface area contributed by atoms with Crippen LogP contribution in [0, 0.1) is 6.92 Å². The lowest BCUT2D eigenvalue weighted by atomic mass is 10.2. The van der Waals surface area contributed by atoms with Gasteiger partial charge in [-0.2, -0.15) is 0 Å². The molecule has 0 saturated carbocycles. The summed E-state index contributed by atoms with van der Waals surface area (Å²) in [6.45, 7) is 5.50. The second-order valence-electron chi connectivity index (χ2n) is 5.17. The van der Waals surface area contributed by atoms with Crippen LogP contribution in [0.2, 0.25) is 0 Å². The summed E-state index contributed by atoms with van der Waals surface area (Å²) in [4.78, 5) is 23.5. The Kier molecular flexibility index (Phi) is 6.09. The Balaban J connectivity index is 2.00. The summed E-state index contributed by atoms with van der Waals surface area (Å²) < 4.78 is 0.251. The fourth-order valence-electron chi connectivity index (χ4n) is 1.91. The van der Waals surface area contributed by atoms with E-state index in [1.807, 2.05) is 37.3 Å². The van der Waals surface area contributed by atoms with Crippen molar-refractivity contribution in [3.63, 3.8) is 0 Å². The maximum atomic E-state index is 11.9. The van der Waals surface area contributed by atoms with Crippen molar-refractivity contribution in [2.75, 3.05) is 10.6 Å². The number of amides is 2. The van der Waals surface area contributed by atoms with E-state index in [4.69, 9.17) is 0 Å². The number of aryl methyl sites for hydroxylation is 1. The Morgan fingerprint density at radius 1 is 1.04 bits per heavy atom. The molecule has 0 heterocycles. The third kappa shape index (κ3) is 5.52. The number of hydrogen-bond donors (Lipinski definition) is 2. The molecule has 0 bridgehead atoms. The van der Waals surface area contributed by atoms with E-state index < -0.39 is 0 Å². The van der Waals surface area contributed by atoms with Crippen molar-refractivity contribution in [3.05, 3.63) is 76.8 Å². The van der Waals surface area contributed by atoms with Gasteiger partial charge in [0.2, 0.25) is 5.91 Å². The summed E-state index contributed by atoms with van der Waals surface area (Å²) in [5.41, 5.74) is 3.30. The molecule has 2 amide bonds. The summed E-state index contributed by atoms with van der Waals surface area (Å²) >= 11 is 3.03. The Hall–Kier alpha value is -2.66. The Morgan fingerprint density at radius 3 is 2.42 bits per heavy atom. The van der Waals surface area contributed by atoms with E-state index >= 15 is 0 Å². The summed E-state index contributed by atoms with van der Waals surface area (Å²) in [5.74, 6) is -0.532. The standard InChI is InChI=1S/C19H17BrN2O2/c1-13-6-9-16(10-7-13)21-18(23)11-8-15-4-3-5-17(12-15)22-19(24)14(2)20/h3-12H,2H2,1H3,(H,21,23)(H,22,24)/b11-8+. The van der Waals surface area contributed by atoms with Crippen LogP contribution in [-0.2, 0) is 9.59 Å². The van der Waals surface area contributed by atoms with E-state index in [0.717, 1.165) is 16.8 Å². The van der Waals surface area contributed by atoms with Crippen LogP contribution in [0.4, 0.5) is 11.4 Å². The zero-order valence-electron chi connectivity index (χ0n) is 13.2. The first-order valence-corrected chi connectivity index (χ1v) is 8.05. The summed E-state index contributed by atoms with van der Waals surface area (Å²) in [5, 5.41) is 5.48. The number of nitrogens with one attached hydrogen (secondary N) is 2. The van der Waals surface area contributed by atoms with Gasteiger partial charge in [0, 0.05) is 17.5 Å². The maximum Gasteiger partial charge on any atom is 0.262 e. The lowest BCUT2D eigenvalue weighted by Crippen LogP contribution is -2.10. The van der Waals surface area contributed by atoms with E-state index in [1.54, 1.807) is 24.3 Å². The van der Waals surface area contributed by atoms with Gasteiger partial charge in [0.05, 0.1) is 4.48 Å². The Bertz CT molecular complexity index is 795. The molecule has 0 saturated heterocycles. The average Bonchev–Trinajstić information content (AvgIpc) is 2.55. The number of anilines is 2. The summed E-state index contributed by atoms with van der Waals surface area (Å²) in [6, 6.07) is 14.7. The van der Waals surface area contributed by atoms with Crippen LogP contribution in [0.5, 0.6) is 0 Å². The highest BCUT2D eigenvalue weighted by Gasteiger charge is 2.04. The van der Waals surface area contributed by atoms with Crippen LogP contribution in [0.3, 0.4) is 0 Å². The average molecular weight is 385 g/mol. The van der Waals surface area contributed by atoms with E-state index in [1.165, 1.54) is 6.08 Å². The van der Waals surface area contributed by atoms with Crippen LogP contribution < -0.4 is 10.6 Å². The molecule has 0 aliphatic rings. The fourth-order valence-corrected chi connectivity index (χ4v) is 2.01. The molecule has 0 aliphatic heterocycles. The number of hydrogen-bond acceptors (Lipinski definition) is 2. The van der Waals surface area contributed by atoms with Gasteiger partial charge in [0.1, 0.15) is 0 Å². The number of benzene rings is 2. The normalized spacial score (nSPS) is 10.4. The van der Waals surface area contributed by atoms with Gasteiger partial charge < -0.3 is 10.6 Å². The molecule has 24 heavy (non-hydrogen) atoms. The molecule has 0 fully saturated rings. The maximum absolute atomic E-state index is 11.9. The molecule has 2 N–H and O–H groups in total. The van der Waals surface area contributed by atoms with Gasteiger partial charge in [0.15, 0.2) is 0 Å². The smallest absolute Gasteiger partial charge is 0.262 e. The van der Waals surface area contributed by atoms with Crippen molar-refractivity contribution in [1.29, 1.82) is 0 Å². The molecule has 5 heteroatoms. The predicted molar refractivity (Wildman–Crippen MR) is 102 cm³/mol. The van der Waals surface area contributed by atoms with Crippen molar-refractivity contribution in [3.8, 4) is 0 Å². The molecule has 2 aromatic rings. The van der Waals surface area contributed by atoms with Gasteiger partial charge in [0.25, 0.3) is 5.91 Å². The predicted octanol–water partition coefficient (Wildman–Crippen LogP) is 4.49. The van der Waals surface area contributed by atoms with Crippen molar-refractivity contribution in [2.45, 2.75) is 6.92 Å². The zero-order valence-corrected chi connectivity index (χ0v) is 14.8. The number of carbonyl (C=O) groups is 2. The highest BCUT2D eigenvalue weighted by molar-refractivity contribution is 9.12.